The molecule has 6 heteroatoms. The Hall–Kier alpha value is -3.54. The van der Waals surface area contributed by atoms with Gasteiger partial charge in [-0.2, -0.15) is 9.61 Å². The highest BCUT2D eigenvalue weighted by Crippen LogP contribution is 2.32. The first kappa shape index (κ1) is 17.9. The van der Waals surface area contributed by atoms with E-state index in [0.29, 0.717) is 11.5 Å². The summed E-state index contributed by atoms with van der Waals surface area (Å²) in [5.41, 5.74) is 5.64. The molecule has 0 bridgehead atoms. The van der Waals surface area contributed by atoms with Crippen LogP contribution >= 0.6 is 0 Å². The first-order valence-electron chi connectivity index (χ1n) is 9.01. The number of rotatable bonds is 5. The molecule has 28 heavy (non-hydrogen) atoms. The fourth-order valence-corrected chi connectivity index (χ4v) is 3.20. The summed E-state index contributed by atoms with van der Waals surface area (Å²) in [6.07, 6.45) is 0. The molecule has 2 aromatic heterocycles. The molecule has 6 nitrogen and oxygen atoms in total. The highest BCUT2D eigenvalue weighted by atomic mass is 16.5. The van der Waals surface area contributed by atoms with Crippen molar-refractivity contribution in [3.05, 3.63) is 65.9 Å². The van der Waals surface area contributed by atoms with Crippen molar-refractivity contribution in [3.63, 3.8) is 0 Å². The second kappa shape index (κ2) is 7.23. The predicted octanol–water partition coefficient (Wildman–Crippen LogP) is 4.77. The van der Waals surface area contributed by atoms with Crippen LogP contribution in [0.2, 0.25) is 0 Å². The van der Waals surface area contributed by atoms with Crippen LogP contribution in [0.1, 0.15) is 11.3 Å². The van der Waals surface area contributed by atoms with E-state index in [1.807, 2.05) is 53.9 Å². The average Bonchev–Trinajstić information content (AvgIpc) is 3.11. The van der Waals surface area contributed by atoms with E-state index in [2.05, 4.69) is 29.4 Å². The molecule has 0 saturated heterocycles. The quantitative estimate of drug-likeness (QED) is 0.545. The third-order valence-electron chi connectivity index (χ3n) is 4.53. The standard InChI is InChI=1S/C22H22N4O2/c1-14-6-5-7-17(10-14)24-21-11-15(2)23-22-13-18(25-26(21)22)16-8-9-19(27-3)20(12-16)28-4/h5-13,24H,1-4H3. The van der Waals surface area contributed by atoms with Gasteiger partial charge in [0, 0.05) is 29.1 Å². The van der Waals surface area contributed by atoms with Crippen molar-refractivity contribution in [2.75, 3.05) is 19.5 Å². The van der Waals surface area contributed by atoms with Gasteiger partial charge in [0.25, 0.3) is 0 Å². The zero-order chi connectivity index (χ0) is 19.7. The van der Waals surface area contributed by atoms with E-state index < -0.39 is 0 Å². The normalized spacial score (nSPS) is 10.9. The molecule has 0 aliphatic carbocycles. The largest absolute Gasteiger partial charge is 0.493 e. The van der Waals surface area contributed by atoms with E-state index in [4.69, 9.17) is 14.6 Å². The van der Waals surface area contributed by atoms with E-state index in [1.54, 1.807) is 14.2 Å². The predicted molar refractivity (Wildman–Crippen MR) is 111 cm³/mol. The lowest BCUT2D eigenvalue weighted by Gasteiger charge is -2.10. The van der Waals surface area contributed by atoms with E-state index in [9.17, 15) is 0 Å². The second-order valence-corrected chi connectivity index (χ2v) is 6.65. The van der Waals surface area contributed by atoms with Gasteiger partial charge in [-0.3, -0.25) is 0 Å². The molecule has 0 spiro atoms. The maximum Gasteiger partial charge on any atom is 0.161 e. The summed E-state index contributed by atoms with van der Waals surface area (Å²) >= 11 is 0. The molecule has 0 unspecified atom stereocenters. The molecule has 142 valence electrons. The van der Waals surface area contributed by atoms with Gasteiger partial charge >= 0.3 is 0 Å². The Morgan fingerprint density at radius 2 is 1.71 bits per heavy atom. The Morgan fingerprint density at radius 3 is 2.46 bits per heavy atom. The lowest BCUT2D eigenvalue weighted by Crippen LogP contribution is -2.02. The number of hydrogen-bond acceptors (Lipinski definition) is 5. The zero-order valence-electron chi connectivity index (χ0n) is 16.4. The van der Waals surface area contributed by atoms with Crippen LogP contribution in [0.5, 0.6) is 11.5 Å². The van der Waals surface area contributed by atoms with Crippen LogP contribution in [0.15, 0.2) is 54.6 Å². The second-order valence-electron chi connectivity index (χ2n) is 6.65. The Morgan fingerprint density at radius 1 is 0.893 bits per heavy atom. The van der Waals surface area contributed by atoms with Crippen LogP contribution in [-0.2, 0) is 0 Å². The van der Waals surface area contributed by atoms with Crippen molar-refractivity contribution < 1.29 is 9.47 Å². The van der Waals surface area contributed by atoms with E-state index in [1.165, 1.54) is 5.56 Å². The summed E-state index contributed by atoms with van der Waals surface area (Å²) in [5.74, 6) is 2.21. The van der Waals surface area contributed by atoms with Crippen LogP contribution in [-0.4, -0.2) is 28.8 Å². The highest BCUT2D eigenvalue weighted by molar-refractivity contribution is 5.69. The minimum atomic E-state index is 0.666. The molecule has 4 aromatic rings. The summed E-state index contributed by atoms with van der Waals surface area (Å²) in [4.78, 5) is 4.62. The Bertz CT molecular complexity index is 1150. The van der Waals surface area contributed by atoms with Gasteiger partial charge in [-0.1, -0.05) is 12.1 Å². The minimum absolute atomic E-state index is 0.666. The summed E-state index contributed by atoms with van der Waals surface area (Å²) in [6.45, 7) is 4.05. The molecule has 2 aromatic carbocycles. The van der Waals surface area contributed by atoms with Crippen LogP contribution in [0, 0.1) is 13.8 Å². The zero-order valence-corrected chi connectivity index (χ0v) is 16.4. The first-order chi connectivity index (χ1) is 13.6. The summed E-state index contributed by atoms with van der Waals surface area (Å²) in [5, 5.41) is 8.22. The van der Waals surface area contributed by atoms with Gasteiger partial charge < -0.3 is 14.8 Å². The molecule has 4 rings (SSSR count). The fourth-order valence-electron chi connectivity index (χ4n) is 3.20. The molecule has 0 aliphatic rings. The summed E-state index contributed by atoms with van der Waals surface area (Å²) in [6, 6.07) is 17.9. The van der Waals surface area contributed by atoms with Gasteiger partial charge in [-0.15, -0.1) is 0 Å². The van der Waals surface area contributed by atoms with Gasteiger partial charge in [0.15, 0.2) is 17.1 Å². The topological polar surface area (TPSA) is 60.7 Å². The molecule has 0 atom stereocenters. The van der Waals surface area contributed by atoms with Gasteiger partial charge in [0.2, 0.25) is 0 Å². The summed E-state index contributed by atoms with van der Waals surface area (Å²) in [7, 11) is 3.25. The summed E-state index contributed by atoms with van der Waals surface area (Å²) < 4.78 is 12.6. The number of aromatic nitrogens is 3. The number of hydrogen-bond donors (Lipinski definition) is 1. The molecule has 2 heterocycles. The Kier molecular flexibility index (Phi) is 4.61. The number of aryl methyl sites for hydroxylation is 2. The third kappa shape index (κ3) is 3.36. The number of benzene rings is 2. The molecule has 0 radical (unpaired) electrons. The lowest BCUT2D eigenvalue weighted by molar-refractivity contribution is 0.355. The third-order valence-corrected chi connectivity index (χ3v) is 4.53. The van der Waals surface area contributed by atoms with Crippen LogP contribution in [0.3, 0.4) is 0 Å². The van der Waals surface area contributed by atoms with E-state index in [0.717, 1.165) is 34.1 Å². The molecule has 0 aliphatic heterocycles. The first-order valence-corrected chi connectivity index (χ1v) is 9.01. The van der Waals surface area contributed by atoms with Crippen molar-refractivity contribution in [2.45, 2.75) is 13.8 Å². The average molecular weight is 374 g/mol. The van der Waals surface area contributed by atoms with Crippen LogP contribution < -0.4 is 14.8 Å². The van der Waals surface area contributed by atoms with Gasteiger partial charge in [-0.25, -0.2) is 4.98 Å². The van der Waals surface area contributed by atoms with Crippen LogP contribution in [0.4, 0.5) is 11.5 Å². The lowest BCUT2D eigenvalue weighted by atomic mass is 10.1. The van der Waals surface area contributed by atoms with Gasteiger partial charge in [0.05, 0.1) is 19.9 Å². The maximum absolute atomic E-state index is 5.42. The van der Waals surface area contributed by atoms with Gasteiger partial charge in [-0.05, 0) is 49.7 Å². The highest BCUT2D eigenvalue weighted by Gasteiger charge is 2.13. The number of nitrogens with zero attached hydrogens (tertiary/aromatic N) is 3. The van der Waals surface area contributed by atoms with Crippen molar-refractivity contribution in [2.24, 2.45) is 0 Å². The number of anilines is 2. The van der Waals surface area contributed by atoms with E-state index in [-0.39, 0.29) is 0 Å². The maximum atomic E-state index is 5.42. The molecule has 1 N–H and O–H groups in total. The van der Waals surface area contributed by atoms with Crippen molar-refractivity contribution in [3.8, 4) is 22.8 Å². The Labute approximate surface area is 163 Å². The number of nitrogens with one attached hydrogen (secondary N) is 1. The molecule has 0 amide bonds. The molecule has 0 saturated carbocycles. The Balaban J connectivity index is 1.79. The van der Waals surface area contributed by atoms with E-state index >= 15 is 0 Å². The number of methoxy groups -OCH3 is 2. The molecular weight excluding hydrogens is 352 g/mol. The van der Waals surface area contributed by atoms with Gasteiger partial charge in [0.1, 0.15) is 5.82 Å². The minimum Gasteiger partial charge on any atom is -0.493 e. The number of ether oxygens (including phenoxy) is 2. The smallest absolute Gasteiger partial charge is 0.161 e. The molecular formula is C22H22N4O2. The monoisotopic (exact) mass is 374 g/mol. The van der Waals surface area contributed by atoms with Crippen molar-refractivity contribution in [1.29, 1.82) is 0 Å². The fraction of sp³-hybridized carbons (Fsp3) is 0.182. The van der Waals surface area contributed by atoms with Crippen LogP contribution in [0.25, 0.3) is 16.9 Å². The van der Waals surface area contributed by atoms with Crippen molar-refractivity contribution >= 4 is 17.2 Å². The number of fused-ring (bicyclic) bond motifs is 1. The van der Waals surface area contributed by atoms with Crippen molar-refractivity contribution in [1.82, 2.24) is 14.6 Å². The molecule has 0 fully saturated rings. The SMILES string of the molecule is COc1ccc(-c2cc3nc(C)cc(Nc4cccc(C)c4)n3n2)cc1OC.